The summed E-state index contributed by atoms with van der Waals surface area (Å²) in [5, 5.41) is 2.28. The van der Waals surface area contributed by atoms with Crippen LogP contribution >= 0.6 is 0 Å². The zero-order valence-electron chi connectivity index (χ0n) is 24.8. The molecule has 1 N–H and O–H groups in total. The Morgan fingerprint density at radius 1 is 1.07 bits per heavy atom. The Hall–Kier alpha value is -3.21. The van der Waals surface area contributed by atoms with Gasteiger partial charge in [-0.1, -0.05) is 0 Å². The van der Waals surface area contributed by atoms with Crippen LogP contribution < -0.4 is 10.2 Å². The number of carbonyl (C=O) groups is 4. The van der Waals surface area contributed by atoms with E-state index >= 15 is 4.39 Å². The standard InChI is InChI=1S/C30H42FN5O5/c1-29(2,3)41-28(40)34-14-15-35(30(4,5)18-34)16-19-10-12-33(13-11-19)22-7-6-20-21(25(22)31)17-36(27(20)39)23-8-9-24(37)32-26(23)38/h6-7,19,23H,8-18H2,1-5H3,(H,32,37,38). The molecule has 4 amide bonds. The summed E-state index contributed by atoms with van der Waals surface area (Å²) in [6.07, 6.45) is 1.98. The topological polar surface area (TPSA) is 102 Å². The molecule has 0 saturated carbocycles. The van der Waals surface area contributed by atoms with E-state index < -0.39 is 23.4 Å². The van der Waals surface area contributed by atoms with Crippen LogP contribution in [0.15, 0.2) is 12.1 Å². The number of piperidine rings is 2. The third-order valence-corrected chi connectivity index (χ3v) is 8.79. The summed E-state index contributed by atoms with van der Waals surface area (Å²) in [5.41, 5.74) is 0.404. The van der Waals surface area contributed by atoms with Gasteiger partial charge in [-0.15, -0.1) is 0 Å². The molecule has 1 aromatic carbocycles. The number of ether oxygens (including phenoxy) is 1. The molecule has 3 saturated heterocycles. The van der Waals surface area contributed by atoms with Crippen LogP contribution in [0.1, 0.15) is 76.2 Å². The molecule has 5 rings (SSSR count). The number of rotatable bonds is 4. The molecule has 0 radical (unpaired) electrons. The summed E-state index contributed by atoms with van der Waals surface area (Å²) in [6.45, 7) is 14.4. The van der Waals surface area contributed by atoms with Crippen LogP contribution in [0.5, 0.6) is 0 Å². The van der Waals surface area contributed by atoms with Gasteiger partial charge in [0.25, 0.3) is 5.91 Å². The summed E-state index contributed by atoms with van der Waals surface area (Å²) in [5.74, 6) is -1.16. The number of hydrogen-bond acceptors (Lipinski definition) is 7. The molecule has 41 heavy (non-hydrogen) atoms. The van der Waals surface area contributed by atoms with Crippen LogP contribution in [-0.2, 0) is 20.9 Å². The van der Waals surface area contributed by atoms with Crippen molar-refractivity contribution in [1.29, 1.82) is 0 Å². The quantitative estimate of drug-likeness (QED) is 0.554. The first kappa shape index (κ1) is 29.3. The Morgan fingerprint density at radius 2 is 1.78 bits per heavy atom. The molecule has 4 aliphatic rings. The maximum Gasteiger partial charge on any atom is 0.410 e. The van der Waals surface area contributed by atoms with E-state index in [-0.39, 0.29) is 42.8 Å². The molecule has 4 aliphatic heterocycles. The maximum absolute atomic E-state index is 15.8. The van der Waals surface area contributed by atoms with E-state index in [2.05, 4.69) is 29.0 Å². The van der Waals surface area contributed by atoms with Crippen LogP contribution in [0.2, 0.25) is 0 Å². The van der Waals surface area contributed by atoms with E-state index in [1.807, 2.05) is 20.8 Å². The number of hydrogen-bond donors (Lipinski definition) is 1. The van der Waals surface area contributed by atoms with E-state index in [4.69, 9.17) is 4.74 Å². The number of carbonyl (C=O) groups excluding carboxylic acids is 4. The van der Waals surface area contributed by atoms with Gasteiger partial charge in [-0.25, -0.2) is 9.18 Å². The molecule has 1 atom stereocenters. The van der Waals surface area contributed by atoms with Crippen molar-refractivity contribution in [2.75, 3.05) is 44.2 Å². The molecule has 0 bridgehead atoms. The molecule has 0 spiro atoms. The highest BCUT2D eigenvalue weighted by atomic mass is 19.1. The number of fused-ring (bicyclic) bond motifs is 1. The monoisotopic (exact) mass is 571 g/mol. The fourth-order valence-corrected chi connectivity index (χ4v) is 6.52. The molecule has 1 aromatic rings. The fourth-order valence-electron chi connectivity index (χ4n) is 6.52. The molecule has 0 aliphatic carbocycles. The van der Waals surface area contributed by atoms with E-state index in [0.29, 0.717) is 48.9 Å². The smallest absolute Gasteiger partial charge is 0.410 e. The van der Waals surface area contributed by atoms with Crippen molar-refractivity contribution < 1.29 is 28.3 Å². The average molecular weight is 572 g/mol. The van der Waals surface area contributed by atoms with Crippen LogP contribution in [0, 0.1) is 11.7 Å². The summed E-state index contributed by atoms with van der Waals surface area (Å²) in [6, 6.07) is 2.58. The highest BCUT2D eigenvalue weighted by Crippen LogP contribution is 2.36. The maximum atomic E-state index is 15.8. The molecule has 3 fully saturated rings. The number of halogens is 1. The van der Waals surface area contributed by atoms with Crippen molar-refractivity contribution in [3.05, 3.63) is 29.1 Å². The third kappa shape index (κ3) is 6.05. The van der Waals surface area contributed by atoms with Gasteiger partial charge in [-0.05, 0) is 71.9 Å². The number of anilines is 1. The highest BCUT2D eigenvalue weighted by molar-refractivity contribution is 6.05. The normalized spacial score (nSPS) is 24.0. The van der Waals surface area contributed by atoms with Gasteiger partial charge in [-0.3, -0.25) is 24.6 Å². The lowest BCUT2D eigenvalue weighted by Gasteiger charge is -2.49. The van der Waals surface area contributed by atoms with Crippen molar-refractivity contribution in [3.8, 4) is 0 Å². The lowest BCUT2D eigenvalue weighted by molar-refractivity contribution is -0.136. The molecule has 10 nitrogen and oxygen atoms in total. The first-order valence-electron chi connectivity index (χ1n) is 14.7. The molecule has 224 valence electrons. The summed E-state index contributed by atoms with van der Waals surface area (Å²) < 4.78 is 21.4. The van der Waals surface area contributed by atoms with Gasteiger partial charge < -0.3 is 19.4 Å². The predicted octanol–water partition coefficient (Wildman–Crippen LogP) is 3.13. The zero-order chi connectivity index (χ0) is 29.7. The SMILES string of the molecule is CC(C)(C)OC(=O)N1CCN(CC2CCN(c3ccc4c(c3F)CN(C3CCC(=O)NC3=O)C4=O)CC2)C(C)(C)C1. The molecular formula is C30H42FN5O5. The van der Waals surface area contributed by atoms with Gasteiger partial charge in [0.1, 0.15) is 11.6 Å². The Labute approximate surface area is 241 Å². The van der Waals surface area contributed by atoms with Crippen LogP contribution in [0.3, 0.4) is 0 Å². The van der Waals surface area contributed by atoms with E-state index in [9.17, 15) is 19.2 Å². The van der Waals surface area contributed by atoms with Crippen LogP contribution in [0.4, 0.5) is 14.9 Å². The van der Waals surface area contributed by atoms with Gasteiger partial charge in [0.15, 0.2) is 5.82 Å². The number of nitrogens with zero attached hydrogens (tertiary/aromatic N) is 4. The minimum Gasteiger partial charge on any atom is -0.444 e. The predicted molar refractivity (Wildman–Crippen MR) is 151 cm³/mol. The van der Waals surface area contributed by atoms with E-state index in [1.165, 1.54) is 4.90 Å². The lowest BCUT2D eigenvalue weighted by atomic mass is 9.91. The Kier molecular flexibility index (Phi) is 7.78. The summed E-state index contributed by atoms with van der Waals surface area (Å²) in [4.78, 5) is 57.2. The first-order chi connectivity index (χ1) is 19.2. The number of piperazine rings is 1. The molecule has 1 unspecified atom stereocenters. The van der Waals surface area contributed by atoms with Crippen molar-refractivity contribution in [3.63, 3.8) is 0 Å². The van der Waals surface area contributed by atoms with Crippen molar-refractivity contribution in [1.82, 2.24) is 20.0 Å². The minimum atomic E-state index is -0.763. The van der Waals surface area contributed by atoms with Gasteiger partial charge in [0.2, 0.25) is 11.8 Å². The Morgan fingerprint density at radius 3 is 2.41 bits per heavy atom. The number of imide groups is 1. The van der Waals surface area contributed by atoms with Crippen molar-refractivity contribution >= 4 is 29.5 Å². The first-order valence-corrected chi connectivity index (χ1v) is 14.7. The van der Waals surface area contributed by atoms with Crippen molar-refractivity contribution in [2.24, 2.45) is 5.92 Å². The van der Waals surface area contributed by atoms with Gasteiger partial charge in [0.05, 0.1) is 12.2 Å². The summed E-state index contributed by atoms with van der Waals surface area (Å²) >= 11 is 0. The average Bonchev–Trinajstić information content (AvgIpc) is 3.22. The minimum absolute atomic E-state index is 0.0287. The molecule has 0 aromatic heterocycles. The zero-order valence-corrected chi connectivity index (χ0v) is 24.8. The second-order valence-electron chi connectivity index (χ2n) is 13.4. The highest BCUT2D eigenvalue weighted by Gasteiger charge is 2.42. The Bertz CT molecular complexity index is 1240. The largest absolute Gasteiger partial charge is 0.444 e. The van der Waals surface area contributed by atoms with Crippen molar-refractivity contribution in [2.45, 2.75) is 84.0 Å². The van der Waals surface area contributed by atoms with Gasteiger partial charge in [0, 0.05) is 62.4 Å². The molecule has 11 heteroatoms. The third-order valence-electron chi connectivity index (χ3n) is 8.79. The Balaban J connectivity index is 1.17. The van der Waals surface area contributed by atoms with Crippen LogP contribution in [-0.4, -0.2) is 95.0 Å². The van der Waals surface area contributed by atoms with E-state index in [0.717, 1.165) is 25.9 Å². The van der Waals surface area contributed by atoms with E-state index in [1.54, 1.807) is 17.0 Å². The van der Waals surface area contributed by atoms with Crippen LogP contribution in [0.25, 0.3) is 0 Å². The number of benzene rings is 1. The van der Waals surface area contributed by atoms with Gasteiger partial charge >= 0.3 is 6.09 Å². The van der Waals surface area contributed by atoms with Gasteiger partial charge in [-0.2, -0.15) is 0 Å². The number of nitrogens with one attached hydrogen (secondary N) is 1. The molecule has 4 heterocycles. The molecular weight excluding hydrogens is 529 g/mol. The lowest BCUT2D eigenvalue weighted by Crippen LogP contribution is -2.61. The second kappa shape index (κ2) is 10.9. The summed E-state index contributed by atoms with van der Waals surface area (Å²) in [7, 11) is 0. The second-order valence-corrected chi connectivity index (χ2v) is 13.4. The fraction of sp³-hybridized carbons (Fsp3) is 0.667. The number of amides is 4.